The number of carbonyl (C=O) groups excluding carboxylic acids is 1. The highest BCUT2D eigenvalue weighted by Gasteiger charge is 2.36. The third kappa shape index (κ3) is 3.91. The SMILES string of the molecule is CN1C[C@H](N2CCc3c(nn(Cc4ccccc4)c3Cl)C2=O)COc2cc(-c3nccn3C)ccc21. The van der Waals surface area contributed by atoms with Crippen LogP contribution in [0.25, 0.3) is 11.4 Å². The average Bonchev–Trinajstić information content (AvgIpc) is 3.41. The predicted octanol–water partition coefficient (Wildman–Crippen LogP) is 3.88. The van der Waals surface area contributed by atoms with Crippen LogP contribution in [-0.2, 0) is 20.0 Å². The van der Waals surface area contributed by atoms with Gasteiger partial charge in [0.2, 0.25) is 0 Å². The molecule has 0 bridgehead atoms. The van der Waals surface area contributed by atoms with Crippen molar-refractivity contribution in [3.63, 3.8) is 0 Å². The number of benzene rings is 2. The Balaban J connectivity index is 1.23. The molecule has 6 rings (SSSR count). The van der Waals surface area contributed by atoms with E-state index in [4.69, 9.17) is 16.3 Å². The summed E-state index contributed by atoms with van der Waals surface area (Å²) < 4.78 is 10.00. The van der Waals surface area contributed by atoms with Crippen molar-refractivity contribution >= 4 is 23.2 Å². The fourth-order valence-corrected chi connectivity index (χ4v) is 5.40. The zero-order valence-electron chi connectivity index (χ0n) is 20.3. The van der Waals surface area contributed by atoms with E-state index in [0.717, 1.165) is 34.0 Å². The fraction of sp³-hybridized carbons (Fsp3) is 0.296. The van der Waals surface area contributed by atoms with Gasteiger partial charge in [-0.15, -0.1) is 0 Å². The number of amides is 1. The lowest BCUT2D eigenvalue weighted by Gasteiger charge is -2.34. The molecule has 9 heteroatoms. The second-order valence-corrected chi connectivity index (χ2v) is 9.76. The maximum atomic E-state index is 13.6. The highest BCUT2D eigenvalue weighted by atomic mass is 35.5. The van der Waals surface area contributed by atoms with E-state index in [1.54, 1.807) is 10.9 Å². The van der Waals surface area contributed by atoms with E-state index in [0.29, 0.717) is 43.5 Å². The third-order valence-corrected chi connectivity index (χ3v) is 7.45. The number of hydrogen-bond donors (Lipinski definition) is 0. The van der Waals surface area contributed by atoms with Crippen LogP contribution in [-0.4, -0.2) is 62.9 Å². The fourth-order valence-electron chi connectivity index (χ4n) is 5.12. The molecule has 0 spiro atoms. The molecule has 0 radical (unpaired) electrons. The molecule has 0 saturated heterocycles. The Morgan fingerprint density at radius 2 is 1.97 bits per heavy atom. The van der Waals surface area contributed by atoms with Crippen molar-refractivity contribution in [2.24, 2.45) is 7.05 Å². The second-order valence-electron chi connectivity index (χ2n) is 9.40. The topological polar surface area (TPSA) is 68.4 Å². The molecule has 4 heterocycles. The first-order valence-electron chi connectivity index (χ1n) is 12.1. The molecular weight excluding hydrogens is 476 g/mol. The largest absolute Gasteiger partial charge is 0.489 e. The van der Waals surface area contributed by atoms with Crippen LogP contribution in [0, 0.1) is 0 Å². The lowest BCUT2D eigenvalue weighted by atomic mass is 10.0. The molecule has 0 saturated carbocycles. The number of rotatable bonds is 4. The third-order valence-electron chi connectivity index (χ3n) is 7.03. The summed E-state index contributed by atoms with van der Waals surface area (Å²) in [4.78, 5) is 22.1. The highest BCUT2D eigenvalue weighted by Crippen LogP contribution is 2.35. The van der Waals surface area contributed by atoms with Gasteiger partial charge in [0.25, 0.3) is 5.91 Å². The number of ether oxygens (including phenoxy) is 1. The van der Waals surface area contributed by atoms with Crippen molar-refractivity contribution in [3.8, 4) is 17.1 Å². The van der Waals surface area contributed by atoms with Crippen molar-refractivity contribution in [2.75, 3.05) is 31.6 Å². The van der Waals surface area contributed by atoms with E-state index < -0.39 is 0 Å². The number of aromatic nitrogens is 4. The van der Waals surface area contributed by atoms with Crippen LogP contribution < -0.4 is 9.64 Å². The highest BCUT2D eigenvalue weighted by molar-refractivity contribution is 6.31. The number of hydrogen-bond acceptors (Lipinski definition) is 5. The molecule has 0 aliphatic carbocycles. The predicted molar refractivity (Wildman–Crippen MR) is 139 cm³/mol. The first-order valence-corrected chi connectivity index (χ1v) is 12.4. The molecular formula is C27H27ClN6O2. The maximum Gasteiger partial charge on any atom is 0.275 e. The minimum absolute atomic E-state index is 0.0911. The smallest absolute Gasteiger partial charge is 0.275 e. The molecule has 2 aliphatic rings. The summed E-state index contributed by atoms with van der Waals surface area (Å²) >= 11 is 6.66. The van der Waals surface area contributed by atoms with E-state index in [-0.39, 0.29) is 11.9 Å². The van der Waals surface area contributed by atoms with E-state index in [1.807, 2.05) is 66.2 Å². The van der Waals surface area contributed by atoms with Gasteiger partial charge in [0, 0.05) is 50.7 Å². The van der Waals surface area contributed by atoms with E-state index in [1.165, 1.54) is 0 Å². The molecule has 0 unspecified atom stereocenters. The number of carbonyl (C=O) groups is 1. The standard InChI is InChI=1S/C27H27ClN6O2/c1-31-13-11-29-26(31)19-8-9-22-23(14-19)36-17-20(16-32(22)2)33-12-10-21-24(27(33)35)30-34(25(21)28)15-18-6-4-3-5-7-18/h3-9,11,13-14,20H,10,12,15-17H2,1-2H3/t20-/m0/s1. The van der Waals surface area contributed by atoms with Crippen LogP contribution in [0.4, 0.5) is 5.69 Å². The summed E-state index contributed by atoms with van der Waals surface area (Å²) in [6, 6.07) is 16.0. The van der Waals surface area contributed by atoms with Gasteiger partial charge in [0.05, 0.1) is 18.3 Å². The first kappa shape index (κ1) is 22.7. The van der Waals surface area contributed by atoms with Crippen molar-refractivity contribution in [2.45, 2.75) is 19.0 Å². The monoisotopic (exact) mass is 502 g/mol. The Kier molecular flexibility index (Phi) is 5.68. The lowest BCUT2D eigenvalue weighted by Crippen LogP contribution is -2.51. The van der Waals surface area contributed by atoms with Gasteiger partial charge in [0.15, 0.2) is 5.69 Å². The summed E-state index contributed by atoms with van der Waals surface area (Å²) in [6.45, 7) is 2.18. The minimum Gasteiger partial charge on any atom is -0.489 e. The first-order chi connectivity index (χ1) is 17.5. The lowest BCUT2D eigenvalue weighted by molar-refractivity contribution is 0.0604. The zero-order valence-corrected chi connectivity index (χ0v) is 21.0. The molecule has 1 atom stereocenters. The van der Waals surface area contributed by atoms with Gasteiger partial charge in [-0.2, -0.15) is 5.10 Å². The van der Waals surface area contributed by atoms with Gasteiger partial charge in [-0.1, -0.05) is 41.9 Å². The maximum absolute atomic E-state index is 13.6. The van der Waals surface area contributed by atoms with Crippen molar-refractivity contribution < 1.29 is 9.53 Å². The Morgan fingerprint density at radius 3 is 2.75 bits per heavy atom. The number of imidazole rings is 1. The molecule has 1 amide bonds. The molecule has 0 fully saturated rings. The molecule has 184 valence electrons. The van der Waals surface area contributed by atoms with Crippen molar-refractivity contribution in [3.05, 3.63) is 82.9 Å². The van der Waals surface area contributed by atoms with Crippen LogP contribution >= 0.6 is 11.6 Å². The number of aryl methyl sites for hydroxylation is 1. The minimum atomic E-state index is -0.113. The summed E-state index contributed by atoms with van der Waals surface area (Å²) in [6.07, 6.45) is 4.38. The summed E-state index contributed by atoms with van der Waals surface area (Å²) in [5.74, 6) is 1.58. The van der Waals surface area contributed by atoms with Crippen molar-refractivity contribution in [1.82, 2.24) is 24.2 Å². The van der Waals surface area contributed by atoms with Crippen LogP contribution in [0.1, 0.15) is 21.6 Å². The molecule has 0 N–H and O–H groups in total. The second kappa shape index (κ2) is 9.02. The number of halogens is 1. The number of nitrogens with zero attached hydrogens (tertiary/aromatic N) is 6. The number of anilines is 1. The Hall–Kier alpha value is -3.78. The molecule has 8 nitrogen and oxygen atoms in total. The van der Waals surface area contributed by atoms with Crippen LogP contribution in [0.3, 0.4) is 0 Å². The molecule has 4 aromatic rings. The van der Waals surface area contributed by atoms with E-state index in [2.05, 4.69) is 27.1 Å². The quantitative estimate of drug-likeness (QED) is 0.423. The molecule has 2 aromatic heterocycles. The Bertz CT molecular complexity index is 1430. The summed E-state index contributed by atoms with van der Waals surface area (Å²) in [5, 5.41) is 5.18. The van der Waals surface area contributed by atoms with Gasteiger partial charge < -0.3 is 19.1 Å². The molecule has 36 heavy (non-hydrogen) atoms. The van der Waals surface area contributed by atoms with Crippen LogP contribution in [0.2, 0.25) is 5.15 Å². The van der Waals surface area contributed by atoms with E-state index >= 15 is 0 Å². The normalized spacial score (nSPS) is 17.4. The van der Waals surface area contributed by atoms with Crippen LogP contribution in [0.15, 0.2) is 60.9 Å². The molecule has 2 aliphatic heterocycles. The van der Waals surface area contributed by atoms with Gasteiger partial charge in [-0.25, -0.2) is 9.67 Å². The van der Waals surface area contributed by atoms with Gasteiger partial charge in [-0.3, -0.25) is 4.79 Å². The van der Waals surface area contributed by atoms with Crippen LogP contribution in [0.5, 0.6) is 5.75 Å². The molecule has 2 aromatic carbocycles. The Labute approximate surface area is 214 Å². The summed E-state index contributed by atoms with van der Waals surface area (Å²) in [5.41, 5.74) is 4.36. The number of likely N-dealkylation sites (N-methyl/N-ethyl adjacent to an activating group) is 1. The van der Waals surface area contributed by atoms with Gasteiger partial charge in [0.1, 0.15) is 23.3 Å². The number of fused-ring (bicyclic) bond motifs is 2. The Morgan fingerprint density at radius 1 is 1.14 bits per heavy atom. The zero-order chi connectivity index (χ0) is 24.8. The van der Waals surface area contributed by atoms with E-state index in [9.17, 15) is 4.79 Å². The van der Waals surface area contributed by atoms with Gasteiger partial charge >= 0.3 is 0 Å². The van der Waals surface area contributed by atoms with Crippen molar-refractivity contribution in [1.29, 1.82) is 0 Å². The average molecular weight is 503 g/mol. The van der Waals surface area contributed by atoms with Gasteiger partial charge in [-0.05, 0) is 30.2 Å². The summed E-state index contributed by atoms with van der Waals surface area (Å²) in [7, 11) is 4.01.